The van der Waals surface area contributed by atoms with Gasteiger partial charge in [0.1, 0.15) is 17.2 Å². The number of pyridine rings is 1. The normalized spacial score (nSPS) is 16.5. The Hall–Kier alpha value is -4.13. The maximum Gasteiger partial charge on any atom is 0.334 e. The van der Waals surface area contributed by atoms with Gasteiger partial charge >= 0.3 is 5.97 Å². The quantitative estimate of drug-likeness (QED) is 0.383. The number of amides is 1. The van der Waals surface area contributed by atoms with E-state index in [1.807, 2.05) is 49.4 Å². The largest absolute Gasteiger partial charge is 0.497 e. The summed E-state index contributed by atoms with van der Waals surface area (Å²) in [6, 6.07) is 17.0. The molecular formula is C31H34N2O5. The van der Waals surface area contributed by atoms with Crippen molar-refractivity contribution >= 4 is 18.0 Å². The molecule has 1 amide bonds. The van der Waals surface area contributed by atoms with Gasteiger partial charge < -0.3 is 19.5 Å². The predicted octanol–water partition coefficient (Wildman–Crippen LogP) is 5.79. The van der Waals surface area contributed by atoms with Crippen LogP contribution in [-0.2, 0) is 16.1 Å². The zero-order chi connectivity index (χ0) is 27.2. The molecular weight excluding hydrogens is 480 g/mol. The number of methoxy groups -OCH3 is 2. The predicted molar refractivity (Wildman–Crippen MR) is 147 cm³/mol. The molecule has 2 atom stereocenters. The highest BCUT2D eigenvalue weighted by atomic mass is 16.5. The van der Waals surface area contributed by atoms with E-state index < -0.39 is 0 Å². The third-order valence-corrected chi connectivity index (χ3v) is 7.05. The molecule has 0 aliphatic heterocycles. The number of nitrogens with zero attached hydrogens (tertiary/aromatic N) is 1. The standard InChI is InChI=1S/C31H34N2O5/c1-6-38-31(35)24-14-19(2)20(3)26-13-11-21(15-23(26)16-24)27-8-7-9-28(33-27)30(34)32-18-22-10-12-25(36-4)17-29(22)37-5/h7-13,15-17,19-20H,6,14,18H2,1-5H3,(H,32,34). The average Bonchev–Trinajstić information content (AvgIpc) is 3.07. The highest BCUT2D eigenvalue weighted by molar-refractivity contribution is 5.95. The summed E-state index contributed by atoms with van der Waals surface area (Å²) in [7, 11) is 3.17. The minimum Gasteiger partial charge on any atom is -0.497 e. The van der Waals surface area contributed by atoms with E-state index in [2.05, 4.69) is 30.2 Å². The lowest BCUT2D eigenvalue weighted by Gasteiger charge is -2.20. The Morgan fingerprint density at radius 3 is 2.58 bits per heavy atom. The Labute approximate surface area is 223 Å². The van der Waals surface area contributed by atoms with Crippen molar-refractivity contribution in [1.82, 2.24) is 10.3 Å². The van der Waals surface area contributed by atoms with Crippen molar-refractivity contribution in [3.8, 4) is 22.8 Å². The maximum absolute atomic E-state index is 13.0. The van der Waals surface area contributed by atoms with Crippen LogP contribution in [0.2, 0.25) is 0 Å². The van der Waals surface area contributed by atoms with Gasteiger partial charge in [-0.1, -0.05) is 32.0 Å². The van der Waals surface area contributed by atoms with Crippen LogP contribution in [-0.4, -0.2) is 37.7 Å². The van der Waals surface area contributed by atoms with E-state index in [9.17, 15) is 9.59 Å². The summed E-state index contributed by atoms with van der Waals surface area (Å²) < 4.78 is 16.0. The molecule has 198 valence electrons. The van der Waals surface area contributed by atoms with Crippen LogP contribution in [0.25, 0.3) is 17.3 Å². The third kappa shape index (κ3) is 5.88. The molecule has 1 aliphatic rings. The lowest BCUT2D eigenvalue weighted by Crippen LogP contribution is -2.24. The van der Waals surface area contributed by atoms with Gasteiger partial charge in [-0.25, -0.2) is 9.78 Å². The number of hydrogen-bond donors (Lipinski definition) is 1. The second kappa shape index (κ2) is 11.9. The second-order valence-corrected chi connectivity index (χ2v) is 9.47. The van der Waals surface area contributed by atoms with Crippen LogP contribution in [0.4, 0.5) is 0 Å². The van der Waals surface area contributed by atoms with Gasteiger partial charge in [0.05, 0.1) is 26.5 Å². The Kier molecular flexibility index (Phi) is 8.46. The molecule has 0 saturated carbocycles. The van der Waals surface area contributed by atoms with Crippen molar-refractivity contribution in [3.63, 3.8) is 0 Å². The number of aromatic nitrogens is 1. The zero-order valence-corrected chi connectivity index (χ0v) is 22.5. The number of ether oxygens (including phenoxy) is 3. The van der Waals surface area contributed by atoms with Gasteiger partial charge in [0.25, 0.3) is 5.91 Å². The van der Waals surface area contributed by atoms with Crippen molar-refractivity contribution in [2.45, 2.75) is 39.7 Å². The minimum absolute atomic E-state index is 0.268. The van der Waals surface area contributed by atoms with Crippen molar-refractivity contribution in [1.29, 1.82) is 0 Å². The Morgan fingerprint density at radius 1 is 1.03 bits per heavy atom. The first-order valence-electron chi connectivity index (χ1n) is 12.8. The summed E-state index contributed by atoms with van der Waals surface area (Å²) in [4.78, 5) is 30.2. The van der Waals surface area contributed by atoms with Crippen LogP contribution >= 0.6 is 0 Å². The summed E-state index contributed by atoms with van der Waals surface area (Å²) in [6.07, 6.45) is 2.60. The molecule has 7 heteroatoms. The smallest absolute Gasteiger partial charge is 0.334 e. The topological polar surface area (TPSA) is 86.8 Å². The van der Waals surface area contributed by atoms with Crippen molar-refractivity contribution in [2.75, 3.05) is 20.8 Å². The molecule has 38 heavy (non-hydrogen) atoms. The van der Waals surface area contributed by atoms with E-state index in [1.165, 1.54) is 5.56 Å². The molecule has 3 aromatic rings. The second-order valence-electron chi connectivity index (χ2n) is 9.47. The first-order valence-corrected chi connectivity index (χ1v) is 12.8. The zero-order valence-electron chi connectivity index (χ0n) is 22.5. The Bertz CT molecular complexity index is 1360. The molecule has 4 rings (SSSR count). The number of carbonyl (C=O) groups excluding carboxylic acids is 2. The molecule has 2 unspecified atom stereocenters. The van der Waals surface area contributed by atoms with Crippen molar-refractivity contribution in [3.05, 3.63) is 82.6 Å². The molecule has 1 heterocycles. The van der Waals surface area contributed by atoms with Crippen molar-refractivity contribution in [2.24, 2.45) is 5.92 Å². The number of rotatable bonds is 8. The van der Waals surface area contributed by atoms with Crippen molar-refractivity contribution < 1.29 is 23.8 Å². The van der Waals surface area contributed by atoms with E-state index in [4.69, 9.17) is 14.2 Å². The summed E-state index contributed by atoms with van der Waals surface area (Å²) in [5.74, 6) is 1.34. The highest BCUT2D eigenvalue weighted by Crippen LogP contribution is 2.38. The fraction of sp³-hybridized carbons (Fsp3) is 0.323. The van der Waals surface area contributed by atoms with Gasteiger partial charge in [-0.3, -0.25) is 4.79 Å². The average molecular weight is 515 g/mol. The van der Waals surface area contributed by atoms with E-state index in [1.54, 1.807) is 26.4 Å². The molecule has 0 saturated heterocycles. The van der Waals surface area contributed by atoms with Gasteiger partial charge in [0, 0.05) is 29.3 Å². The van der Waals surface area contributed by atoms with Crippen LogP contribution < -0.4 is 14.8 Å². The number of carbonyl (C=O) groups is 2. The van der Waals surface area contributed by atoms with E-state index in [0.717, 1.165) is 16.7 Å². The monoisotopic (exact) mass is 514 g/mol. The van der Waals surface area contributed by atoms with Gasteiger partial charge in [-0.15, -0.1) is 0 Å². The number of hydrogen-bond acceptors (Lipinski definition) is 6. The number of esters is 1. The molecule has 0 fully saturated rings. The Morgan fingerprint density at radius 2 is 1.84 bits per heavy atom. The lowest BCUT2D eigenvalue weighted by atomic mass is 9.85. The van der Waals surface area contributed by atoms with Crippen LogP contribution in [0.5, 0.6) is 11.5 Å². The summed E-state index contributed by atoms with van der Waals surface area (Å²) in [5, 5.41) is 2.92. The van der Waals surface area contributed by atoms with E-state index in [-0.39, 0.29) is 24.3 Å². The molecule has 7 nitrogen and oxygen atoms in total. The lowest BCUT2D eigenvalue weighted by molar-refractivity contribution is -0.138. The molecule has 1 aromatic heterocycles. The maximum atomic E-state index is 13.0. The van der Waals surface area contributed by atoms with Crippen LogP contribution in [0.3, 0.4) is 0 Å². The molecule has 0 radical (unpaired) electrons. The van der Waals surface area contributed by atoms with E-state index >= 15 is 0 Å². The fourth-order valence-electron chi connectivity index (χ4n) is 4.70. The molecule has 1 aliphatic carbocycles. The SMILES string of the molecule is CCOC(=O)C1=Cc2cc(-c3cccc(C(=O)NCc4ccc(OC)cc4OC)n3)ccc2C(C)C(C)C1. The van der Waals surface area contributed by atoms with Crippen LogP contribution in [0.1, 0.15) is 60.3 Å². The molecule has 1 N–H and O–H groups in total. The van der Waals surface area contributed by atoms with Gasteiger partial charge in [-0.2, -0.15) is 0 Å². The molecule has 0 spiro atoms. The Balaban J connectivity index is 1.58. The summed E-state index contributed by atoms with van der Waals surface area (Å²) in [6.45, 7) is 6.79. The first-order chi connectivity index (χ1) is 18.3. The molecule has 2 aromatic carbocycles. The van der Waals surface area contributed by atoms with Gasteiger partial charge in [0.2, 0.25) is 0 Å². The summed E-state index contributed by atoms with van der Waals surface area (Å²) in [5.41, 5.74) is 5.53. The number of nitrogens with one attached hydrogen (secondary N) is 1. The van der Waals surface area contributed by atoms with Crippen LogP contribution in [0, 0.1) is 5.92 Å². The third-order valence-electron chi connectivity index (χ3n) is 7.05. The number of benzene rings is 2. The summed E-state index contributed by atoms with van der Waals surface area (Å²) >= 11 is 0. The van der Waals surface area contributed by atoms with Crippen LogP contribution in [0.15, 0.2) is 60.2 Å². The fourth-order valence-corrected chi connectivity index (χ4v) is 4.70. The molecule has 0 bridgehead atoms. The highest BCUT2D eigenvalue weighted by Gasteiger charge is 2.25. The minimum atomic E-state index is -0.286. The van der Waals surface area contributed by atoms with Gasteiger partial charge in [0.15, 0.2) is 0 Å². The van der Waals surface area contributed by atoms with Gasteiger partial charge in [-0.05, 0) is 72.7 Å². The first kappa shape index (κ1) is 26.9. The van der Waals surface area contributed by atoms with E-state index in [0.29, 0.717) is 47.4 Å². The number of fused-ring (bicyclic) bond motifs is 1.